The van der Waals surface area contributed by atoms with Crippen LogP contribution in [-0.4, -0.2) is 17.3 Å². The van der Waals surface area contributed by atoms with Gasteiger partial charge in [0.2, 0.25) is 0 Å². The first-order chi connectivity index (χ1) is 6.84. The van der Waals surface area contributed by atoms with E-state index in [0.717, 1.165) is 24.8 Å². The van der Waals surface area contributed by atoms with Gasteiger partial charge in [-0.1, -0.05) is 6.42 Å². The molecule has 1 rings (SSSR count). The van der Waals surface area contributed by atoms with E-state index >= 15 is 0 Å². The largest absolute Gasteiger partial charge is 0.330 e. The molecule has 0 aliphatic rings. The van der Waals surface area contributed by atoms with Crippen LogP contribution >= 0.6 is 0 Å². The predicted molar refractivity (Wildman–Crippen MR) is 56.1 cm³/mol. The molecule has 3 heteroatoms. The number of carbonyl (C=O) groups is 1. The Morgan fingerprint density at radius 3 is 2.57 bits per heavy atom. The van der Waals surface area contributed by atoms with Crippen LogP contribution in [-0.2, 0) is 0 Å². The summed E-state index contributed by atoms with van der Waals surface area (Å²) in [5.74, 6) is 0.199. The number of Topliss-reactive ketones (excluding diaryl/α,β-unsaturated/α-hetero) is 1. The second-order valence-electron chi connectivity index (χ2n) is 3.26. The fourth-order valence-corrected chi connectivity index (χ4v) is 1.29. The van der Waals surface area contributed by atoms with E-state index in [1.54, 1.807) is 24.5 Å². The van der Waals surface area contributed by atoms with Crippen molar-refractivity contribution in [3.63, 3.8) is 0 Å². The molecule has 0 aliphatic carbocycles. The summed E-state index contributed by atoms with van der Waals surface area (Å²) in [6.07, 6.45) is 6.87. The van der Waals surface area contributed by atoms with Crippen molar-refractivity contribution in [2.75, 3.05) is 6.54 Å². The van der Waals surface area contributed by atoms with Gasteiger partial charge in [0.15, 0.2) is 5.78 Å². The average molecular weight is 192 g/mol. The molecule has 0 fully saturated rings. The molecule has 0 aliphatic heterocycles. The van der Waals surface area contributed by atoms with Gasteiger partial charge in [0.1, 0.15) is 0 Å². The van der Waals surface area contributed by atoms with Gasteiger partial charge in [-0.05, 0) is 31.5 Å². The maximum atomic E-state index is 11.5. The number of aromatic nitrogens is 1. The van der Waals surface area contributed by atoms with Crippen molar-refractivity contribution in [2.24, 2.45) is 5.73 Å². The van der Waals surface area contributed by atoms with Crippen molar-refractivity contribution >= 4 is 5.78 Å². The van der Waals surface area contributed by atoms with E-state index in [4.69, 9.17) is 5.73 Å². The second kappa shape index (κ2) is 6.27. The maximum absolute atomic E-state index is 11.5. The molecule has 0 aromatic carbocycles. The number of unbranched alkanes of at least 4 members (excludes halogenated alkanes) is 2. The third-order valence-electron chi connectivity index (χ3n) is 2.11. The Kier molecular flexibility index (Phi) is 4.86. The molecule has 0 saturated heterocycles. The SMILES string of the molecule is NCCCCCC(=O)c1ccncc1. The van der Waals surface area contributed by atoms with E-state index in [2.05, 4.69) is 4.98 Å². The molecule has 76 valence electrons. The summed E-state index contributed by atoms with van der Waals surface area (Å²) in [7, 11) is 0. The third-order valence-corrected chi connectivity index (χ3v) is 2.11. The van der Waals surface area contributed by atoms with Crippen LogP contribution in [0.4, 0.5) is 0 Å². The molecule has 1 aromatic rings. The Morgan fingerprint density at radius 1 is 1.21 bits per heavy atom. The Bertz CT molecular complexity index is 272. The summed E-state index contributed by atoms with van der Waals surface area (Å²) in [5.41, 5.74) is 6.12. The first-order valence-corrected chi connectivity index (χ1v) is 4.98. The van der Waals surface area contributed by atoms with Gasteiger partial charge in [-0.3, -0.25) is 9.78 Å². The lowest BCUT2D eigenvalue weighted by Gasteiger charge is -1.99. The zero-order valence-corrected chi connectivity index (χ0v) is 8.28. The molecule has 1 aromatic heterocycles. The number of hydrogen-bond acceptors (Lipinski definition) is 3. The van der Waals surface area contributed by atoms with Gasteiger partial charge < -0.3 is 5.73 Å². The molecule has 0 unspecified atom stereocenters. The van der Waals surface area contributed by atoms with Crippen molar-refractivity contribution in [1.82, 2.24) is 4.98 Å². The van der Waals surface area contributed by atoms with Crippen molar-refractivity contribution < 1.29 is 4.79 Å². The van der Waals surface area contributed by atoms with Crippen molar-refractivity contribution in [2.45, 2.75) is 25.7 Å². The van der Waals surface area contributed by atoms with E-state index in [1.807, 2.05) is 0 Å². The molecular formula is C11H16N2O. The van der Waals surface area contributed by atoms with E-state index in [0.29, 0.717) is 13.0 Å². The Balaban J connectivity index is 2.29. The molecule has 0 atom stereocenters. The Hall–Kier alpha value is -1.22. The molecule has 14 heavy (non-hydrogen) atoms. The van der Waals surface area contributed by atoms with Gasteiger partial charge in [-0.25, -0.2) is 0 Å². The van der Waals surface area contributed by atoms with Crippen molar-refractivity contribution in [1.29, 1.82) is 0 Å². The summed E-state index contributed by atoms with van der Waals surface area (Å²) in [5, 5.41) is 0. The van der Waals surface area contributed by atoms with E-state index in [1.165, 1.54) is 0 Å². The summed E-state index contributed by atoms with van der Waals surface area (Å²) >= 11 is 0. The highest BCUT2D eigenvalue weighted by Gasteiger charge is 2.03. The maximum Gasteiger partial charge on any atom is 0.162 e. The van der Waals surface area contributed by atoms with Crippen molar-refractivity contribution in [3.8, 4) is 0 Å². The molecule has 3 nitrogen and oxygen atoms in total. The minimum Gasteiger partial charge on any atom is -0.330 e. The lowest BCUT2D eigenvalue weighted by Crippen LogP contribution is -2.01. The van der Waals surface area contributed by atoms with Gasteiger partial charge in [-0.15, -0.1) is 0 Å². The Labute approximate surface area is 84.3 Å². The van der Waals surface area contributed by atoms with Gasteiger partial charge >= 0.3 is 0 Å². The standard InChI is InChI=1S/C11H16N2O/c12-7-3-1-2-4-11(14)10-5-8-13-9-6-10/h5-6,8-9H,1-4,7,12H2. The first kappa shape index (κ1) is 10.9. The lowest BCUT2D eigenvalue weighted by molar-refractivity contribution is 0.0979. The van der Waals surface area contributed by atoms with Gasteiger partial charge in [0.05, 0.1) is 0 Å². The lowest BCUT2D eigenvalue weighted by atomic mass is 10.1. The van der Waals surface area contributed by atoms with Crippen molar-refractivity contribution in [3.05, 3.63) is 30.1 Å². The van der Waals surface area contributed by atoms with Gasteiger partial charge in [-0.2, -0.15) is 0 Å². The zero-order chi connectivity index (χ0) is 10.2. The van der Waals surface area contributed by atoms with Crippen LogP contribution in [0, 0.1) is 0 Å². The molecule has 0 spiro atoms. The highest BCUT2D eigenvalue weighted by atomic mass is 16.1. The summed E-state index contributed by atoms with van der Waals surface area (Å²) in [4.78, 5) is 15.4. The van der Waals surface area contributed by atoms with Crippen LogP contribution < -0.4 is 5.73 Å². The van der Waals surface area contributed by atoms with Gasteiger partial charge in [0.25, 0.3) is 0 Å². The topological polar surface area (TPSA) is 56.0 Å². The molecule has 2 N–H and O–H groups in total. The molecule has 0 saturated carbocycles. The highest BCUT2D eigenvalue weighted by Crippen LogP contribution is 2.06. The normalized spacial score (nSPS) is 10.1. The zero-order valence-electron chi connectivity index (χ0n) is 8.28. The summed E-state index contributed by atoms with van der Waals surface area (Å²) in [6.45, 7) is 0.712. The minimum atomic E-state index is 0.199. The fraction of sp³-hybridized carbons (Fsp3) is 0.455. The third kappa shape index (κ3) is 3.66. The van der Waals surface area contributed by atoms with E-state index in [-0.39, 0.29) is 5.78 Å². The van der Waals surface area contributed by atoms with Crippen LogP contribution in [0.15, 0.2) is 24.5 Å². The Morgan fingerprint density at radius 2 is 1.93 bits per heavy atom. The number of pyridine rings is 1. The van der Waals surface area contributed by atoms with Gasteiger partial charge in [0, 0.05) is 24.4 Å². The van der Waals surface area contributed by atoms with Crippen LogP contribution in [0.1, 0.15) is 36.0 Å². The number of rotatable bonds is 6. The van der Waals surface area contributed by atoms with Crippen LogP contribution in [0.25, 0.3) is 0 Å². The van der Waals surface area contributed by atoms with E-state index in [9.17, 15) is 4.79 Å². The molecule has 0 amide bonds. The number of hydrogen-bond donors (Lipinski definition) is 1. The van der Waals surface area contributed by atoms with Crippen LogP contribution in [0.2, 0.25) is 0 Å². The number of carbonyl (C=O) groups excluding carboxylic acids is 1. The minimum absolute atomic E-state index is 0.199. The summed E-state index contributed by atoms with van der Waals surface area (Å²) in [6, 6.07) is 3.51. The molecule has 0 radical (unpaired) electrons. The smallest absolute Gasteiger partial charge is 0.162 e. The first-order valence-electron chi connectivity index (χ1n) is 4.98. The quantitative estimate of drug-likeness (QED) is 0.552. The number of nitrogens with two attached hydrogens (primary N) is 1. The molecule has 0 bridgehead atoms. The monoisotopic (exact) mass is 192 g/mol. The fourth-order valence-electron chi connectivity index (χ4n) is 1.29. The van der Waals surface area contributed by atoms with Crippen LogP contribution in [0.5, 0.6) is 0 Å². The highest BCUT2D eigenvalue weighted by molar-refractivity contribution is 5.95. The van der Waals surface area contributed by atoms with Crippen LogP contribution in [0.3, 0.4) is 0 Å². The number of nitrogens with zero attached hydrogens (tertiary/aromatic N) is 1. The number of ketones is 1. The molecular weight excluding hydrogens is 176 g/mol. The predicted octanol–water partition coefficient (Wildman–Crippen LogP) is 1.78. The summed E-state index contributed by atoms with van der Waals surface area (Å²) < 4.78 is 0. The van der Waals surface area contributed by atoms with E-state index < -0.39 is 0 Å². The molecule has 1 heterocycles. The average Bonchev–Trinajstić information content (AvgIpc) is 2.25. The second-order valence-corrected chi connectivity index (χ2v) is 3.26.